The predicted octanol–water partition coefficient (Wildman–Crippen LogP) is 3.01. The SMILES string of the molecule is O=C(O)[C@@H]1CC2(CCSS2)CN1C(=O)OCc1ccccc1. The molecule has 3 rings (SSSR count). The highest BCUT2D eigenvalue weighted by Gasteiger charge is 2.51. The van der Waals surface area contributed by atoms with Crippen molar-refractivity contribution in [2.75, 3.05) is 12.3 Å². The Morgan fingerprint density at radius 1 is 1.36 bits per heavy atom. The van der Waals surface area contributed by atoms with Gasteiger partial charge in [0.15, 0.2) is 0 Å². The minimum atomic E-state index is -0.953. The molecular formula is C15H17NO4S2. The second-order valence-electron chi connectivity index (χ2n) is 5.56. The van der Waals surface area contributed by atoms with Crippen molar-refractivity contribution in [2.45, 2.75) is 30.2 Å². The second kappa shape index (κ2) is 6.42. The van der Waals surface area contributed by atoms with Crippen LogP contribution >= 0.6 is 21.6 Å². The number of hydrogen-bond donors (Lipinski definition) is 1. The molecule has 5 nitrogen and oxygen atoms in total. The normalized spacial score (nSPS) is 27.3. The first-order valence-corrected chi connectivity index (χ1v) is 9.42. The van der Waals surface area contributed by atoms with E-state index in [0.29, 0.717) is 13.0 Å². The summed E-state index contributed by atoms with van der Waals surface area (Å²) in [5.41, 5.74) is 0.891. The molecule has 0 aromatic heterocycles. The summed E-state index contributed by atoms with van der Waals surface area (Å²) >= 11 is 0. The number of carboxylic acids is 1. The van der Waals surface area contributed by atoms with Crippen LogP contribution in [0.2, 0.25) is 0 Å². The number of carbonyl (C=O) groups is 2. The van der Waals surface area contributed by atoms with Gasteiger partial charge in [0, 0.05) is 17.0 Å². The third kappa shape index (κ3) is 3.20. The summed E-state index contributed by atoms with van der Waals surface area (Å²) in [7, 11) is 3.47. The van der Waals surface area contributed by atoms with E-state index in [4.69, 9.17) is 4.74 Å². The van der Waals surface area contributed by atoms with Crippen LogP contribution in [0.5, 0.6) is 0 Å². The Bertz CT molecular complexity index is 560. The first-order chi connectivity index (χ1) is 10.6. The molecule has 1 spiro atoms. The van der Waals surface area contributed by atoms with Crippen molar-refractivity contribution in [2.24, 2.45) is 0 Å². The van der Waals surface area contributed by atoms with Gasteiger partial charge < -0.3 is 9.84 Å². The van der Waals surface area contributed by atoms with Gasteiger partial charge in [-0.15, -0.1) is 0 Å². The van der Waals surface area contributed by atoms with E-state index >= 15 is 0 Å². The average molecular weight is 339 g/mol. The van der Waals surface area contributed by atoms with Gasteiger partial charge in [0.2, 0.25) is 0 Å². The summed E-state index contributed by atoms with van der Waals surface area (Å²) < 4.78 is 5.18. The van der Waals surface area contributed by atoms with Gasteiger partial charge in [0.1, 0.15) is 12.6 Å². The molecule has 0 radical (unpaired) electrons. The molecular weight excluding hydrogens is 322 g/mol. The van der Waals surface area contributed by atoms with Crippen molar-refractivity contribution in [3.63, 3.8) is 0 Å². The summed E-state index contributed by atoms with van der Waals surface area (Å²) in [5, 5.41) is 9.40. The van der Waals surface area contributed by atoms with E-state index in [1.165, 1.54) is 4.90 Å². The summed E-state index contributed by atoms with van der Waals surface area (Å²) in [4.78, 5) is 25.1. The number of ether oxygens (including phenoxy) is 1. The fourth-order valence-corrected chi connectivity index (χ4v) is 6.24. The lowest BCUT2D eigenvalue weighted by atomic mass is 10.0. The molecule has 2 aliphatic rings. The smallest absolute Gasteiger partial charge is 0.410 e. The Morgan fingerprint density at radius 3 is 2.77 bits per heavy atom. The molecule has 2 fully saturated rings. The number of rotatable bonds is 3. The lowest BCUT2D eigenvalue weighted by molar-refractivity contribution is -0.141. The fraction of sp³-hybridized carbons (Fsp3) is 0.467. The van der Waals surface area contributed by atoms with Crippen molar-refractivity contribution in [3.05, 3.63) is 35.9 Å². The molecule has 118 valence electrons. The first kappa shape index (κ1) is 15.6. The summed E-state index contributed by atoms with van der Waals surface area (Å²) in [6, 6.07) is 8.61. The van der Waals surface area contributed by atoms with Crippen LogP contribution in [0.15, 0.2) is 30.3 Å². The summed E-state index contributed by atoms with van der Waals surface area (Å²) in [6.07, 6.45) is 0.903. The van der Waals surface area contributed by atoms with Crippen molar-refractivity contribution in [1.29, 1.82) is 0 Å². The quantitative estimate of drug-likeness (QED) is 0.854. The molecule has 7 heteroatoms. The molecule has 0 aliphatic carbocycles. The van der Waals surface area contributed by atoms with Gasteiger partial charge >= 0.3 is 12.1 Å². The van der Waals surface area contributed by atoms with E-state index < -0.39 is 18.1 Å². The highest BCUT2D eigenvalue weighted by molar-refractivity contribution is 8.77. The molecule has 2 aliphatic heterocycles. The Morgan fingerprint density at radius 2 is 2.14 bits per heavy atom. The standard InChI is InChI=1S/C15H17NO4S2/c17-13(18)12-8-15(6-7-21-22-15)10-16(12)14(19)20-9-11-4-2-1-3-5-11/h1-5,12H,6-10H2,(H,17,18)/t12-,15?/m0/s1. The zero-order chi connectivity index (χ0) is 15.6. The summed E-state index contributed by atoms with van der Waals surface area (Å²) in [5.74, 6) is 0.0511. The molecule has 1 amide bonds. The van der Waals surface area contributed by atoms with Gasteiger partial charge in [0.25, 0.3) is 0 Å². The molecule has 0 bridgehead atoms. The highest BCUT2D eigenvalue weighted by atomic mass is 33.1. The van der Waals surface area contributed by atoms with E-state index in [-0.39, 0.29) is 11.4 Å². The first-order valence-electron chi connectivity index (χ1n) is 7.10. The number of likely N-dealkylation sites (tertiary alicyclic amines) is 1. The molecule has 2 heterocycles. The topological polar surface area (TPSA) is 66.8 Å². The van der Waals surface area contributed by atoms with Gasteiger partial charge in [-0.1, -0.05) is 51.9 Å². The van der Waals surface area contributed by atoms with Crippen LogP contribution in [0.4, 0.5) is 4.79 Å². The molecule has 22 heavy (non-hydrogen) atoms. The van der Waals surface area contributed by atoms with Crippen LogP contribution in [0, 0.1) is 0 Å². The van der Waals surface area contributed by atoms with E-state index in [1.54, 1.807) is 21.6 Å². The van der Waals surface area contributed by atoms with Crippen LogP contribution < -0.4 is 0 Å². The lowest BCUT2D eigenvalue weighted by Crippen LogP contribution is -2.41. The van der Waals surface area contributed by atoms with Crippen molar-refractivity contribution in [1.82, 2.24) is 4.90 Å². The van der Waals surface area contributed by atoms with E-state index in [2.05, 4.69) is 0 Å². The highest BCUT2D eigenvalue weighted by Crippen LogP contribution is 2.53. The van der Waals surface area contributed by atoms with Crippen LogP contribution in [-0.4, -0.2) is 45.2 Å². The van der Waals surface area contributed by atoms with Crippen LogP contribution in [0.25, 0.3) is 0 Å². The van der Waals surface area contributed by atoms with Gasteiger partial charge in [-0.05, 0) is 18.4 Å². The Hall–Kier alpha value is -1.34. The number of aliphatic carboxylic acids is 1. The molecule has 2 atom stereocenters. The van der Waals surface area contributed by atoms with Crippen LogP contribution in [0.3, 0.4) is 0 Å². The van der Waals surface area contributed by atoms with E-state index in [0.717, 1.165) is 17.7 Å². The maximum Gasteiger partial charge on any atom is 0.410 e. The number of carboxylic acid groups (broad SMARTS) is 1. The van der Waals surface area contributed by atoms with Gasteiger partial charge in [-0.2, -0.15) is 0 Å². The van der Waals surface area contributed by atoms with Gasteiger partial charge in [-0.3, -0.25) is 4.90 Å². The summed E-state index contributed by atoms with van der Waals surface area (Å²) in [6.45, 7) is 0.618. The molecule has 2 saturated heterocycles. The number of benzene rings is 1. The van der Waals surface area contributed by atoms with Gasteiger partial charge in [-0.25, -0.2) is 9.59 Å². The fourth-order valence-electron chi connectivity index (χ4n) is 2.84. The molecule has 1 aromatic carbocycles. The van der Waals surface area contributed by atoms with E-state index in [9.17, 15) is 14.7 Å². The monoisotopic (exact) mass is 339 g/mol. The van der Waals surface area contributed by atoms with Gasteiger partial charge in [0.05, 0.1) is 0 Å². The van der Waals surface area contributed by atoms with Crippen molar-refractivity contribution >= 4 is 33.7 Å². The zero-order valence-corrected chi connectivity index (χ0v) is 13.6. The maximum absolute atomic E-state index is 12.3. The largest absolute Gasteiger partial charge is 0.480 e. The zero-order valence-electron chi connectivity index (χ0n) is 11.9. The lowest BCUT2D eigenvalue weighted by Gasteiger charge is -2.22. The number of amides is 1. The van der Waals surface area contributed by atoms with Crippen LogP contribution in [0.1, 0.15) is 18.4 Å². The van der Waals surface area contributed by atoms with Crippen molar-refractivity contribution < 1.29 is 19.4 Å². The predicted molar refractivity (Wildman–Crippen MR) is 86.8 cm³/mol. The molecule has 1 N–H and O–H groups in total. The maximum atomic E-state index is 12.3. The Balaban J connectivity index is 1.66. The Kier molecular flexibility index (Phi) is 4.54. The minimum Gasteiger partial charge on any atom is -0.480 e. The third-order valence-electron chi connectivity index (χ3n) is 4.00. The second-order valence-corrected chi connectivity index (χ2v) is 8.45. The molecule has 1 unspecified atom stereocenters. The van der Waals surface area contributed by atoms with Crippen LogP contribution in [-0.2, 0) is 16.1 Å². The van der Waals surface area contributed by atoms with E-state index in [1.807, 2.05) is 30.3 Å². The number of carbonyl (C=O) groups excluding carboxylic acids is 1. The average Bonchev–Trinajstić information content (AvgIpc) is 3.14. The molecule has 1 aromatic rings. The minimum absolute atomic E-state index is 0.126. The van der Waals surface area contributed by atoms with Crippen molar-refractivity contribution in [3.8, 4) is 0 Å². The number of nitrogens with zero attached hydrogens (tertiary/aromatic N) is 1. The molecule has 0 saturated carbocycles. The third-order valence-corrected chi connectivity index (χ3v) is 7.26. The number of hydrogen-bond acceptors (Lipinski definition) is 5. The Labute approximate surface area is 136 Å².